The fourth-order valence-corrected chi connectivity index (χ4v) is 4.16. The molecule has 2 aliphatic rings. The van der Waals surface area contributed by atoms with Gasteiger partial charge >= 0.3 is 0 Å². The Balaban J connectivity index is 1.59. The lowest BCUT2D eigenvalue weighted by Crippen LogP contribution is -2.23. The third kappa shape index (κ3) is 4.09. The molecule has 0 spiro atoms. The first kappa shape index (κ1) is 18.5. The molecule has 0 saturated carbocycles. The quantitative estimate of drug-likeness (QED) is 0.657. The summed E-state index contributed by atoms with van der Waals surface area (Å²) in [5, 5.41) is 12.3. The van der Waals surface area contributed by atoms with Gasteiger partial charge in [0.25, 0.3) is 0 Å². The second kappa shape index (κ2) is 8.43. The van der Waals surface area contributed by atoms with E-state index in [0.717, 1.165) is 79.2 Å². The Labute approximate surface area is 170 Å². The topological polar surface area (TPSA) is 68.4 Å². The summed E-state index contributed by atoms with van der Waals surface area (Å²) in [7, 11) is 0. The average Bonchev–Trinajstić information content (AvgIpc) is 3.19. The number of H-pyrrole nitrogens is 1. The van der Waals surface area contributed by atoms with E-state index in [1.54, 1.807) is 0 Å². The molecule has 0 radical (unpaired) electrons. The van der Waals surface area contributed by atoms with E-state index in [1.807, 2.05) is 12.1 Å². The maximum Gasteiger partial charge on any atom is 0.120 e. The molecule has 2 aliphatic heterocycles. The monoisotopic (exact) mass is 393 g/mol. The van der Waals surface area contributed by atoms with Crippen molar-refractivity contribution < 1.29 is 14.2 Å². The van der Waals surface area contributed by atoms with Gasteiger partial charge in [0.2, 0.25) is 0 Å². The summed E-state index contributed by atoms with van der Waals surface area (Å²) in [5.41, 5.74) is 4.34. The first-order valence-corrected chi connectivity index (χ1v) is 10.5. The Kier molecular flexibility index (Phi) is 5.37. The van der Waals surface area contributed by atoms with Crippen LogP contribution in [0.25, 0.3) is 22.2 Å². The molecule has 2 N–H and O–H groups in total. The first-order valence-electron chi connectivity index (χ1n) is 10.5. The number of rotatable bonds is 1. The first-order chi connectivity index (χ1) is 14.4. The summed E-state index contributed by atoms with van der Waals surface area (Å²) in [6.45, 7) is 4.70. The van der Waals surface area contributed by atoms with Gasteiger partial charge in [-0.05, 0) is 73.7 Å². The van der Waals surface area contributed by atoms with Crippen LogP contribution in [-0.2, 0) is 4.74 Å². The predicted molar refractivity (Wildman–Crippen MR) is 113 cm³/mol. The smallest absolute Gasteiger partial charge is 0.120 e. The minimum atomic E-state index is 0.496. The van der Waals surface area contributed by atoms with E-state index in [2.05, 4.69) is 39.8 Å². The molecule has 1 aromatic heterocycles. The van der Waals surface area contributed by atoms with Crippen molar-refractivity contribution in [3.8, 4) is 22.8 Å². The van der Waals surface area contributed by atoms with Gasteiger partial charge in [-0.1, -0.05) is 0 Å². The summed E-state index contributed by atoms with van der Waals surface area (Å²) in [4.78, 5) is 0. The third-order valence-corrected chi connectivity index (χ3v) is 5.74. The zero-order chi connectivity index (χ0) is 19.5. The molecule has 152 valence electrons. The van der Waals surface area contributed by atoms with E-state index in [1.165, 1.54) is 5.56 Å². The molecule has 1 saturated heterocycles. The molecule has 0 amide bonds. The second-order valence-corrected chi connectivity index (χ2v) is 7.76. The number of hydrogen-bond donors (Lipinski definition) is 2. The van der Waals surface area contributed by atoms with E-state index in [0.29, 0.717) is 19.1 Å². The highest BCUT2D eigenvalue weighted by atomic mass is 16.5. The van der Waals surface area contributed by atoms with Gasteiger partial charge < -0.3 is 19.5 Å². The van der Waals surface area contributed by atoms with Crippen LogP contribution < -0.4 is 14.8 Å². The molecule has 0 aliphatic carbocycles. The Morgan fingerprint density at radius 3 is 2.69 bits per heavy atom. The van der Waals surface area contributed by atoms with Crippen molar-refractivity contribution in [3.63, 3.8) is 0 Å². The zero-order valence-electron chi connectivity index (χ0n) is 16.6. The van der Waals surface area contributed by atoms with E-state index < -0.39 is 0 Å². The highest BCUT2D eigenvalue weighted by Gasteiger charge is 2.19. The van der Waals surface area contributed by atoms with Gasteiger partial charge in [0.05, 0.1) is 12.1 Å². The molecule has 6 nitrogen and oxygen atoms in total. The summed E-state index contributed by atoms with van der Waals surface area (Å²) >= 11 is 0. The SMILES string of the molecule is c1cc2[nH]nc3c2cc1OCCCNCCOc1cc-3cc(C2CCOCC2)c1. The van der Waals surface area contributed by atoms with Gasteiger partial charge in [0, 0.05) is 30.7 Å². The molecule has 1 fully saturated rings. The summed E-state index contributed by atoms with van der Waals surface area (Å²) < 4.78 is 17.6. The molecule has 5 rings (SSSR count). The molecule has 29 heavy (non-hydrogen) atoms. The summed E-state index contributed by atoms with van der Waals surface area (Å²) in [5.74, 6) is 2.28. The number of hydrogen-bond acceptors (Lipinski definition) is 5. The van der Waals surface area contributed by atoms with Crippen LogP contribution in [0, 0.1) is 0 Å². The molecular weight excluding hydrogens is 366 g/mol. The lowest BCUT2D eigenvalue weighted by Gasteiger charge is -2.23. The molecule has 2 aromatic carbocycles. The Hall–Kier alpha value is -2.57. The second-order valence-electron chi connectivity index (χ2n) is 7.76. The number of benzene rings is 2. The molecule has 6 heteroatoms. The van der Waals surface area contributed by atoms with E-state index in [9.17, 15) is 0 Å². The Bertz CT molecular complexity index is 979. The maximum atomic E-state index is 6.12. The van der Waals surface area contributed by atoms with Crippen LogP contribution in [0.4, 0.5) is 0 Å². The molecule has 3 aromatic rings. The number of aromatic amines is 1. The van der Waals surface area contributed by atoms with Crippen molar-refractivity contribution in [2.75, 3.05) is 39.5 Å². The zero-order valence-corrected chi connectivity index (χ0v) is 16.6. The number of aromatic nitrogens is 2. The number of nitrogens with one attached hydrogen (secondary N) is 2. The van der Waals surface area contributed by atoms with Gasteiger partial charge in [-0.2, -0.15) is 5.10 Å². The van der Waals surface area contributed by atoms with Crippen molar-refractivity contribution in [2.24, 2.45) is 0 Å². The van der Waals surface area contributed by atoms with E-state index in [-0.39, 0.29) is 0 Å². The van der Waals surface area contributed by atoms with Crippen molar-refractivity contribution in [1.82, 2.24) is 15.5 Å². The van der Waals surface area contributed by atoms with Gasteiger partial charge in [0.15, 0.2) is 0 Å². The van der Waals surface area contributed by atoms with Gasteiger partial charge in [-0.25, -0.2) is 0 Å². The third-order valence-electron chi connectivity index (χ3n) is 5.74. The van der Waals surface area contributed by atoms with E-state index >= 15 is 0 Å². The van der Waals surface area contributed by atoms with Gasteiger partial charge in [-0.15, -0.1) is 0 Å². The standard InChI is InChI=1S/C23H27N3O3/c1-6-24-7-11-29-20-13-17(16-4-9-27-10-5-16)12-18(14-20)23-21-15-19(28-8-1)2-3-22(21)25-26-23/h2-3,12-16,24H,1,4-11H2,(H,25,26). The highest BCUT2D eigenvalue weighted by molar-refractivity contribution is 5.94. The maximum absolute atomic E-state index is 6.12. The van der Waals surface area contributed by atoms with Crippen LogP contribution in [0.15, 0.2) is 36.4 Å². The molecule has 0 unspecified atom stereocenters. The minimum absolute atomic E-state index is 0.496. The highest BCUT2D eigenvalue weighted by Crippen LogP contribution is 2.36. The molecule has 0 atom stereocenters. The largest absolute Gasteiger partial charge is 0.494 e. The van der Waals surface area contributed by atoms with Crippen molar-refractivity contribution in [3.05, 3.63) is 42.0 Å². The van der Waals surface area contributed by atoms with Gasteiger partial charge in [0.1, 0.15) is 23.8 Å². The van der Waals surface area contributed by atoms with Crippen LogP contribution in [-0.4, -0.2) is 49.7 Å². The molecule has 4 bridgehead atoms. The van der Waals surface area contributed by atoms with Crippen LogP contribution in [0.1, 0.15) is 30.7 Å². The Morgan fingerprint density at radius 2 is 1.76 bits per heavy atom. The number of nitrogens with zero attached hydrogens (tertiary/aromatic N) is 1. The van der Waals surface area contributed by atoms with Crippen LogP contribution >= 0.6 is 0 Å². The Morgan fingerprint density at radius 1 is 0.862 bits per heavy atom. The predicted octanol–water partition coefficient (Wildman–Crippen LogP) is 3.87. The molecular formula is C23H27N3O3. The van der Waals surface area contributed by atoms with Crippen molar-refractivity contribution in [1.29, 1.82) is 0 Å². The van der Waals surface area contributed by atoms with Crippen LogP contribution in [0.2, 0.25) is 0 Å². The summed E-state index contributed by atoms with van der Waals surface area (Å²) in [6.07, 6.45) is 3.05. The normalized spacial score (nSPS) is 18.6. The van der Waals surface area contributed by atoms with Crippen molar-refractivity contribution in [2.45, 2.75) is 25.2 Å². The number of fused-ring (bicyclic) bond motifs is 4. The lowest BCUT2D eigenvalue weighted by atomic mass is 9.89. The fourth-order valence-electron chi connectivity index (χ4n) is 4.16. The van der Waals surface area contributed by atoms with Gasteiger partial charge in [-0.3, -0.25) is 5.10 Å². The average molecular weight is 393 g/mol. The molecule has 3 heterocycles. The summed E-state index contributed by atoms with van der Waals surface area (Å²) in [6, 6.07) is 12.7. The fraction of sp³-hybridized carbons (Fsp3) is 0.435. The van der Waals surface area contributed by atoms with Crippen molar-refractivity contribution >= 4 is 10.9 Å². The number of ether oxygens (including phenoxy) is 3. The van der Waals surface area contributed by atoms with Crippen LogP contribution in [0.3, 0.4) is 0 Å². The minimum Gasteiger partial charge on any atom is -0.494 e. The van der Waals surface area contributed by atoms with Crippen LogP contribution in [0.5, 0.6) is 11.5 Å². The lowest BCUT2D eigenvalue weighted by molar-refractivity contribution is 0.0853. The van der Waals surface area contributed by atoms with E-state index in [4.69, 9.17) is 14.2 Å².